The second-order valence-electron chi connectivity index (χ2n) is 12.2. The van der Waals surface area contributed by atoms with Gasteiger partial charge in [-0.2, -0.15) is 0 Å². The number of aromatic nitrogens is 2. The van der Waals surface area contributed by atoms with Crippen molar-refractivity contribution in [3.05, 3.63) is 132 Å². The summed E-state index contributed by atoms with van der Waals surface area (Å²) in [6.07, 6.45) is 9.84. The lowest BCUT2D eigenvalue weighted by Gasteiger charge is -2.63. The summed E-state index contributed by atoms with van der Waals surface area (Å²) in [6, 6.07) is 37.0. The number of allylic oxidation sites excluding steroid dienone is 2. The third-order valence-electron chi connectivity index (χ3n) is 11.1. The molecule has 0 saturated heterocycles. The molecule has 3 fully saturated rings. The summed E-state index contributed by atoms with van der Waals surface area (Å²) in [4.78, 5) is 0. The average molecular weight is 497 g/mol. The SMILES string of the molecule is C[n+]1ccccc1C1=C(c2cccc[n+]2C)C2(c3ccccc3)C3CCC2C2CCC3C12c1ccccc1. The van der Waals surface area contributed by atoms with E-state index in [0.29, 0.717) is 23.7 Å². The molecule has 2 aromatic carbocycles. The summed E-state index contributed by atoms with van der Waals surface area (Å²) in [5.41, 5.74) is 9.12. The van der Waals surface area contributed by atoms with Gasteiger partial charge in [0.1, 0.15) is 14.1 Å². The Balaban J connectivity index is 1.62. The van der Waals surface area contributed by atoms with E-state index in [0.717, 1.165) is 0 Å². The van der Waals surface area contributed by atoms with Crippen molar-refractivity contribution in [2.75, 3.05) is 0 Å². The number of hydrogen-bond acceptors (Lipinski definition) is 0. The molecule has 3 saturated carbocycles. The fourth-order valence-corrected chi connectivity index (χ4v) is 10.2. The van der Waals surface area contributed by atoms with Gasteiger partial charge < -0.3 is 0 Å². The summed E-state index contributed by atoms with van der Waals surface area (Å²) < 4.78 is 4.79. The van der Waals surface area contributed by atoms with Gasteiger partial charge in [0.25, 0.3) is 0 Å². The normalized spacial score (nSPS) is 32.7. The molecule has 0 N–H and O–H groups in total. The van der Waals surface area contributed by atoms with E-state index in [1.165, 1.54) is 37.1 Å². The van der Waals surface area contributed by atoms with Gasteiger partial charge in [-0.25, -0.2) is 9.13 Å². The molecule has 4 aromatic rings. The number of hydrogen-bond donors (Lipinski definition) is 0. The van der Waals surface area contributed by atoms with Crippen LogP contribution in [0.3, 0.4) is 0 Å². The maximum absolute atomic E-state index is 2.46. The van der Waals surface area contributed by atoms with Gasteiger partial charge in [-0.3, -0.25) is 0 Å². The lowest BCUT2D eigenvalue weighted by atomic mass is 9.38. The number of aryl methyl sites for hydroxylation is 2. The van der Waals surface area contributed by atoms with Crippen LogP contribution in [0.2, 0.25) is 0 Å². The lowest BCUT2D eigenvalue weighted by Crippen LogP contribution is -2.63. The van der Waals surface area contributed by atoms with Crippen molar-refractivity contribution in [2.24, 2.45) is 37.8 Å². The first kappa shape index (κ1) is 22.5. The first-order chi connectivity index (χ1) is 18.7. The van der Waals surface area contributed by atoms with Crippen molar-refractivity contribution in [3.63, 3.8) is 0 Å². The molecule has 2 aromatic heterocycles. The van der Waals surface area contributed by atoms with Crippen molar-refractivity contribution in [1.29, 1.82) is 0 Å². The summed E-state index contributed by atoms with van der Waals surface area (Å²) in [6.45, 7) is 0. The highest BCUT2D eigenvalue weighted by Gasteiger charge is 2.78. The van der Waals surface area contributed by atoms with E-state index in [9.17, 15) is 0 Å². The number of rotatable bonds is 4. The molecule has 0 amide bonds. The average Bonchev–Trinajstić information content (AvgIpc) is 3.47. The van der Waals surface area contributed by atoms with Crippen molar-refractivity contribution in [1.82, 2.24) is 0 Å². The highest BCUT2D eigenvalue weighted by atomic mass is 15.0. The molecule has 5 aliphatic rings. The van der Waals surface area contributed by atoms with E-state index < -0.39 is 0 Å². The molecule has 2 heterocycles. The second-order valence-corrected chi connectivity index (χ2v) is 12.2. The topological polar surface area (TPSA) is 7.76 Å². The molecule has 38 heavy (non-hydrogen) atoms. The zero-order valence-electron chi connectivity index (χ0n) is 22.4. The molecule has 6 bridgehead atoms. The molecule has 2 nitrogen and oxygen atoms in total. The standard InChI is InChI=1S/C36H36N2/c1-37-23-11-9-17-31(37)33-34(32-18-10-12-24-38(32)2)36(26-15-7-4-8-16-26)29-21-22-30(36)28-20-19-27(29)35(28,33)25-13-5-3-6-14-25/h3-18,23-24,27-30H,19-22H2,1-2H3/q+2. The molecule has 0 spiro atoms. The molecular weight excluding hydrogens is 460 g/mol. The molecule has 188 valence electrons. The van der Waals surface area contributed by atoms with E-state index >= 15 is 0 Å². The molecule has 9 rings (SSSR count). The van der Waals surface area contributed by atoms with Gasteiger partial charge in [0.2, 0.25) is 11.4 Å². The largest absolute Gasteiger partial charge is 0.209 e. The second kappa shape index (κ2) is 7.99. The molecule has 0 aliphatic heterocycles. The van der Waals surface area contributed by atoms with E-state index in [2.05, 4.69) is 133 Å². The third-order valence-corrected chi connectivity index (χ3v) is 11.1. The van der Waals surface area contributed by atoms with Gasteiger partial charge >= 0.3 is 0 Å². The lowest BCUT2D eigenvalue weighted by molar-refractivity contribution is -0.675. The van der Waals surface area contributed by atoms with E-state index in [1.807, 2.05) is 0 Å². The van der Waals surface area contributed by atoms with Crippen LogP contribution in [-0.4, -0.2) is 0 Å². The van der Waals surface area contributed by atoms with Crippen LogP contribution < -0.4 is 9.13 Å². The Bertz CT molecular complexity index is 1430. The minimum absolute atomic E-state index is 0.0426. The highest BCUT2D eigenvalue weighted by Crippen LogP contribution is 2.81. The van der Waals surface area contributed by atoms with E-state index in [-0.39, 0.29) is 10.8 Å². The maximum Gasteiger partial charge on any atom is 0.209 e. The van der Waals surface area contributed by atoms with Crippen LogP contribution in [-0.2, 0) is 24.9 Å². The van der Waals surface area contributed by atoms with Crippen LogP contribution in [0.1, 0.15) is 48.2 Å². The summed E-state index contributed by atoms with van der Waals surface area (Å²) in [5, 5.41) is 0. The predicted molar refractivity (Wildman–Crippen MR) is 151 cm³/mol. The fraction of sp³-hybridized carbons (Fsp3) is 0.333. The van der Waals surface area contributed by atoms with Gasteiger partial charge in [0.05, 0.1) is 0 Å². The number of benzene rings is 2. The smallest absolute Gasteiger partial charge is 0.201 e. The zero-order chi connectivity index (χ0) is 25.5. The van der Waals surface area contributed by atoms with E-state index in [4.69, 9.17) is 0 Å². The molecule has 4 atom stereocenters. The van der Waals surface area contributed by atoms with Crippen LogP contribution >= 0.6 is 0 Å². The first-order valence-corrected chi connectivity index (χ1v) is 14.5. The molecule has 4 unspecified atom stereocenters. The van der Waals surface area contributed by atoms with Gasteiger partial charge in [0.15, 0.2) is 12.4 Å². The van der Waals surface area contributed by atoms with Crippen molar-refractivity contribution < 1.29 is 9.13 Å². The fourth-order valence-electron chi connectivity index (χ4n) is 10.2. The monoisotopic (exact) mass is 496 g/mol. The van der Waals surface area contributed by atoms with Crippen LogP contribution in [0, 0.1) is 23.7 Å². The number of pyridine rings is 2. The van der Waals surface area contributed by atoms with Gasteiger partial charge in [-0.1, -0.05) is 60.7 Å². The Kier molecular flexibility index (Phi) is 4.72. The van der Waals surface area contributed by atoms with Crippen molar-refractivity contribution >= 4 is 11.1 Å². The molecule has 5 aliphatic carbocycles. The highest BCUT2D eigenvalue weighted by molar-refractivity contribution is 6.01. The Morgan fingerprint density at radius 2 is 0.816 bits per heavy atom. The minimum Gasteiger partial charge on any atom is -0.201 e. The van der Waals surface area contributed by atoms with Crippen molar-refractivity contribution in [2.45, 2.75) is 36.5 Å². The first-order valence-electron chi connectivity index (χ1n) is 14.5. The molecular formula is C36H36N2+2. The quantitative estimate of drug-likeness (QED) is 0.297. The van der Waals surface area contributed by atoms with Gasteiger partial charge in [-0.15, -0.1) is 0 Å². The van der Waals surface area contributed by atoms with Crippen LogP contribution in [0.15, 0.2) is 109 Å². The minimum atomic E-state index is 0.0426. The predicted octanol–water partition coefficient (Wildman–Crippen LogP) is 6.20. The maximum atomic E-state index is 2.46. The zero-order valence-corrected chi connectivity index (χ0v) is 22.4. The van der Waals surface area contributed by atoms with Crippen LogP contribution in [0.4, 0.5) is 0 Å². The Morgan fingerprint density at radius 1 is 0.474 bits per heavy atom. The summed E-state index contributed by atoms with van der Waals surface area (Å²) in [7, 11) is 4.50. The van der Waals surface area contributed by atoms with Gasteiger partial charge in [-0.05, 0) is 72.6 Å². The van der Waals surface area contributed by atoms with Crippen LogP contribution in [0.5, 0.6) is 0 Å². The Hall–Kier alpha value is -3.52. The Labute approximate surface area is 226 Å². The molecule has 2 heteroatoms. The summed E-state index contributed by atoms with van der Waals surface area (Å²) >= 11 is 0. The van der Waals surface area contributed by atoms with Crippen molar-refractivity contribution in [3.8, 4) is 0 Å². The van der Waals surface area contributed by atoms with E-state index in [1.54, 1.807) is 22.3 Å². The number of nitrogens with zero attached hydrogens (tertiary/aromatic N) is 2. The van der Waals surface area contributed by atoms with Crippen LogP contribution in [0.25, 0.3) is 11.1 Å². The Morgan fingerprint density at radius 3 is 1.16 bits per heavy atom. The van der Waals surface area contributed by atoms with Gasteiger partial charge in [0, 0.05) is 46.2 Å². The molecule has 0 radical (unpaired) electrons. The third kappa shape index (κ3) is 2.54. The summed E-state index contributed by atoms with van der Waals surface area (Å²) in [5.74, 6) is 2.62.